The van der Waals surface area contributed by atoms with Gasteiger partial charge in [-0.3, -0.25) is 4.68 Å². The number of aldehydes is 1. The predicted octanol–water partition coefficient (Wildman–Crippen LogP) is 2.27. The molecule has 1 heterocycles. The van der Waals surface area contributed by atoms with E-state index in [1.807, 2.05) is 30.1 Å². The van der Waals surface area contributed by atoms with Gasteiger partial charge in [-0.05, 0) is 11.5 Å². The van der Waals surface area contributed by atoms with E-state index < -0.39 is 0 Å². The summed E-state index contributed by atoms with van der Waals surface area (Å²) in [5.74, 6) is 0.251. The summed E-state index contributed by atoms with van der Waals surface area (Å²) >= 11 is 0. The van der Waals surface area contributed by atoms with Crippen molar-refractivity contribution in [2.75, 3.05) is 0 Å². The SMILES string of the molecule is CC(CC=O)c1cccc2cnn(C)c12. The Morgan fingerprint density at radius 3 is 3.07 bits per heavy atom. The minimum Gasteiger partial charge on any atom is -0.303 e. The smallest absolute Gasteiger partial charge is 0.120 e. The van der Waals surface area contributed by atoms with Crippen molar-refractivity contribution in [3.05, 3.63) is 30.0 Å². The number of carbonyl (C=O) groups excluding carboxylic acids is 1. The molecule has 0 aliphatic carbocycles. The quantitative estimate of drug-likeness (QED) is 0.715. The van der Waals surface area contributed by atoms with Crippen LogP contribution in [0.4, 0.5) is 0 Å². The van der Waals surface area contributed by atoms with Crippen molar-refractivity contribution in [1.82, 2.24) is 9.78 Å². The van der Waals surface area contributed by atoms with Gasteiger partial charge in [-0.15, -0.1) is 0 Å². The molecule has 1 aromatic heterocycles. The van der Waals surface area contributed by atoms with Crippen LogP contribution in [0.2, 0.25) is 0 Å². The first-order valence-corrected chi connectivity index (χ1v) is 5.08. The second-order valence-electron chi connectivity index (χ2n) is 3.86. The van der Waals surface area contributed by atoms with Gasteiger partial charge in [0.2, 0.25) is 0 Å². The maximum atomic E-state index is 10.5. The third kappa shape index (κ3) is 1.65. The van der Waals surface area contributed by atoms with E-state index in [1.54, 1.807) is 0 Å². The standard InChI is InChI=1S/C12H14N2O/c1-9(6-7-15)11-5-3-4-10-8-13-14(2)12(10)11/h3-5,7-9H,6H2,1-2H3. The summed E-state index contributed by atoms with van der Waals surface area (Å²) in [6.07, 6.45) is 3.39. The minimum atomic E-state index is 0.251. The van der Waals surface area contributed by atoms with Crippen LogP contribution < -0.4 is 0 Å². The molecule has 0 aliphatic heterocycles. The van der Waals surface area contributed by atoms with Gasteiger partial charge in [-0.2, -0.15) is 5.10 Å². The minimum absolute atomic E-state index is 0.251. The monoisotopic (exact) mass is 202 g/mol. The molecule has 0 saturated carbocycles. The first kappa shape index (κ1) is 9.90. The summed E-state index contributed by atoms with van der Waals surface area (Å²) < 4.78 is 1.87. The van der Waals surface area contributed by atoms with E-state index in [1.165, 1.54) is 5.56 Å². The molecule has 2 rings (SSSR count). The Bertz CT molecular complexity index is 487. The van der Waals surface area contributed by atoms with E-state index in [0.717, 1.165) is 17.2 Å². The number of hydrogen-bond acceptors (Lipinski definition) is 2. The molecular weight excluding hydrogens is 188 g/mol. The van der Waals surface area contributed by atoms with Gasteiger partial charge in [-0.1, -0.05) is 25.1 Å². The Balaban J connectivity index is 2.58. The number of nitrogens with zero attached hydrogens (tertiary/aromatic N) is 2. The molecule has 0 bridgehead atoms. The Kier molecular flexibility index (Phi) is 2.54. The first-order chi connectivity index (χ1) is 7.24. The highest BCUT2D eigenvalue weighted by molar-refractivity contribution is 5.82. The molecule has 0 aliphatic rings. The number of para-hydroxylation sites is 1. The van der Waals surface area contributed by atoms with Gasteiger partial charge in [0.1, 0.15) is 6.29 Å². The van der Waals surface area contributed by atoms with Crippen molar-refractivity contribution in [3.8, 4) is 0 Å². The Labute approximate surface area is 88.7 Å². The highest BCUT2D eigenvalue weighted by Crippen LogP contribution is 2.26. The molecule has 0 N–H and O–H groups in total. The molecule has 1 unspecified atom stereocenters. The largest absolute Gasteiger partial charge is 0.303 e. The zero-order valence-electron chi connectivity index (χ0n) is 8.97. The lowest BCUT2D eigenvalue weighted by Crippen LogP contribution is -1.99. The Morgan fingerprint density at radius 2 is 2.33 bits per heavy atom. The lowest BCUT2D eigenvalue weighted by atomic mass is 9.96. The number of benzene rings is 1. The molecule has 3 nitrogen and oxygen atoms in total. The summed E-state index contributed by atoms with van der Waals surface area (Å²) in [6.45, 7) is 2.07. The van der Waals surface area contributed by atoms with Gasteiger partial charge >= 0.3 is 0 Å². The number of aromatic nitrogens is 2. The molecule has 0 saturated heterocycles. The van der Waals surface area contributed by atoms with E-state index in [9.17, 15) is 4.79 Å². The second kappa shape index (κ2) is 3.85. The van der Waals surface area contributed by atoms with Crippen LogP contribution in [-0.4, -0.2) is 16.1 Å². The number of carbonyl (C=O) groups is 1. The topological polar surface area (TPSA) is 34.9 Å². The number of rotatable bonds is 3. The molecule has 3 heteroatoms. The molecule has 1 aromatic carbocycles. The fourth-order valence-corrected chi connectivity index (χ4v) is 1.93. The summed E-state index contributed by atoms with van der Waals surface area (Å²) in [7, 11) is 1.93. The maximum absolute atomic E-state index is 10.5. The van der Waals surface area contributed by atoms with Crippen molar-refractivity contribution in [1.29, 1.82) is 0 Å². The first-order valence-electron chi connectivity index (χ1n) is 5.08. The Hall–Kier alpha value is -1.64. The molecule has 78 valence electrons. The van der Waals surface area contributed by atoms with Crippen LogP contribution in [0.1, 0.15) is 24.8 Å². The van der Waals surface area contributed by atoms with Crippen LogP contribution in [0.5, 0.6) is 0 Å². The third-order valence-electron chi connectivity index (χ3n) is 2.77. The number of hydrogen-bond donors (Lipinski definition) is 0. The fraction of sp³-hybridized carbons (Fsp3) is 0.333. The molecular formula is C12H14N2O. The predicted molar refractivity (Wildman–Crippen MR) is 59.8 cm³/mol. The van der Waals surface area contributed by atoms with Crippen LogP contribution in [-0.2, 0) is 11.8 Å². The summed E-state index contributed by atoms with van der Waals surface area (Å²) in [5.41, 5.74) is 2.33. The second-order valence-corrected chi connectivity index (χ2v) is 3.86. The molecule has 0 spiro atoms. The molecule has 2 aromatic rings. The van der Waals surface area contributed by atoms with Crippen LogP contribution in [0, 0.1) is 0 Å². The van der Waals surface area contributed by atoms with Crippen LogP contribution >= 0.6 is 0 Å². The molecule has 15 heavy (non-hydrogen) atoms. The van der Waals surface area contributed by atoms with Gasteiger partial charge < -0.3 is 4.79 Å². The molecule has 1 atom stereocenters. The summed E-state index contributed by atoms with van der Waals surface area (Å²) in [5, 5.41) is 5.36. The Morgan fingerprint density at radius 1 is 1.53 bits per heavy atom. The number of fused-ring (bicyclic) bond motifs is 1. The highest BCUT2D eigenvalue weighted by atomic mass is 16.1. The van der Waals surface area contributed by atoms with Crippen molar-refractivity contribution in [2.45, 2.75) is 19.3 Å². The van der Waals surface area contributed by atoms with E-state index in [-0.39, 0.29) is 5.92 Å². The van der Waals surface area contributed by atoms with Gasteiger partial charge in [0.15, 0.2) is 0 Å². The van der Waals surface area contributed by atoms with Crippen molar-refractivity contribution in [3.63, 3.8) is 0 Å². The van der Waals surface area contributed by atoms with Crippen LogP contribution in [0.3, 0.4) is 0 Å². The van der Waals surface area contributed by atoms with Gasteiger partial charge in [0, 0.05) is 18.9 Å². The van der Waals surface area contributed by atoms with Gasteiger partial charge in [0.25, 0.3) is 0 Å². The van der Waals surface area contributed by atoms with Gasteiger partial charge in [-0.25, -0.2) is 0 Å². The average molecular weight is 202 g/mol. The lowest BCUT2D eigenvalue weighted by molar-refractivity contribution is -0.108. The number of aryl methyl sites for hydroxylation is 1. The lowest BCUT2D eigenvalue weighted by Gasteiger charge is -2.10. The summed E-state index contributed by atoms with van der Waals surface area (Å²) in [4.78, 5) is 10.5. The zero-order valence-corrected chi connectivity index (χ0v) is 8.97. The summed E-state index contributed by atoms with van der Waals surface area (Å²) in [6, 6.07) is 6.12. The third-order valence-corrected chi connectivity index (χ3v) is 2.77. The van der Waals surface area contributed by atoms with E-state index in [2.05, 4.69) is 18.1 Å². The normalized spacial score (nSPS) is 12.9. The molecule has 0 amide bonds. The average Bonchev–Trinajstić information content (AvgIpc) is 2.61. The zero-order chi connectivity index (χ0) is 10.8. The van der Waals surface area contributed by atoms with Crippen molar-refractivity contribution < 1.29 is 4.79 Å². The highest BCUT2D eigenvalue weighted by Gasteiger charge is 2.11. The van der Waals surface area contributed by atoms with Gasteiger partial charge in [0.05, 0.1) is 11.7 Å². The van der Waals surface area contributed by atoms with Crippen molar-refractivity contribution >= 4 is 17.2 Å². The van der Waals surface area contributed by atoms with E-state index in [0.29, 0.717) is 6.42 Å². The molecule has 0 fully saturated rings. The molecule has 0 radical (unpaired) electrons. The van der Waals surface area contributed by atoms with Crippen molar-refractivity contribution in [2.24, 2.45) is 7.05 Å². The maximum Gasteiger partial charge on any atom is 0.120 e. The van der Waals surface area contributed by atoms with E-state index >= 15 is 0 Å². The van der Waals surface area contributed by atoms with Crippen LogP contribution in [0.15, 0.2) is 24.4 Å². The van der Waals surface area contributed by atoms with Crippen LogP contribution in [0.25, 0.3) is 10.9 Å². The van der Waals surface area contributed by atoms with E-state index in [4.69, 9.17) is 0 Å². The fourth-order valence-electron chi connectivity index (χ4n) is 1.93.